The van der Waals surface area contributed by atoms with Crippen molar-refractivity contribution >= 4 is 21.6 Å². The van der Waals surface area contributed by atoms with Crippen molar-refractivity contribution < 1.29 is 8.42 Å². The van der Waals surface area contributed by atoms with Gasteiger partial charge in [0.1, 0.15) is 5.37 Å². The van der Waals surface area contributed by atoms with Crippen molar-refractivity contribution in [2.75, 3.05) is 37.4 Å². The summed E-state index contributed by atoms with van der Waals surface area (Å²) in [6.07, 6.45) is 0. The van der Waals surface area contributed by atoms with Crippen LogP contribution in [0.5, 0.6) is 0 Å². The van der Waals surface area contributed by atoms with Gasteiger partial charge in [-0.3, -0.25) is 4.90 Å². The lowest BCUT2D eigenvalue weighted by molar-refractivity contribution is 0.203. The Morgan fingerprint density at radius 3 is 2.65 bits per heavy atom. The Kier molecular flexibility index (Phi) is 5.31. The molecule has 0 saturated carbocycles. The minimum atomic E-state index is -2.97. The fourth-order valence-electron chi connectivity index (χ4n) is 1.91. The molecule has 1 saturated heterocycles. The molecule has 0 radical (unpaired) electrons. The molecule has 1 atom stereocenters. The maximum Gasteiger partial charge on any atom is 0.166 e. The van der Waals surface area contributed by atoms with E-state index in [-0.39, 0.29) is 16.7 Å². The standard InChI is InChI=1S/C11H24N2O2S2/c1-5-17(14,15)10-8-16-7-6-13(10)9-11(2,3)12-4/h10,12H,5-9H2,1-4H3. The van der Waals surface area contributed by atoms with Crippen LogP contribution in [0.4, 0.5) is 0 Å². The largest absolute Gasteiger partial charge is 0.314 e. The first-order valence-electron chi connectivity index (χ1n) is 6.04. The molecule has 1 rings (SSSR count). The summed E-state index contributed by atoms with van der Waals surface area (Å²) in [5.41, 5.74) is -0.0521. The summed E-state index contributed by atoms with van der Waals surface area (Å²) in [5.74, 6) is 1.96. The molecule has 4 nitrogen and oxygen atoms in total. The first kappa shape index (κ1) is 15.3. The number of nitrogens with one attached hydrogen (secondary N) is 1. The molecular weight excluding hydrogens is 256 g/mol. The summed E-state index contributed by atoms with van der Waals surface area (Å²) >= 11 is 1.74. The van der Waals surface area contributed by atoms with Gasteiger partial charge in [-0.15, -0.1) is 0 Å². The lowest BCUT2D eigenvalue weighted by Crippen LogP contribution is -2.55. The van der Waals surface area contributed by atoms with Gasteiger partial charge in [0.15, 0.2) is 9.84 Å². The van der Waals surface area contributed by atoms with Gasteiger partial charge in [-0.2, -0.15) is 11.8 Å². The molecule has 1 heterocycles. The maximum absolute atomic E-state index is 12.1. The fraction of sp³-hybridized carbons (Fsp3) is 1.00. The second-order valence-corrected chi connectivity index (χ2v) is 8.68. The Labute approximate surface area is 109 Å². The second kappa shape index (κ2) is 5.91. The molecule has 6 heteroatoms. The number of hydrogen-bond acceptors (Lipinski definition) is 5. The van der Waals surface area contributed by atoms with Gasteiger partial charge < -0.3 is 5.32 Å². The summed E-state index contributed by atoms with van der Waals surface area (Å²) in [4.78, 5) is 2.12. The zero-order valence-corrected chi connectivity index (χ0v) is 12.8. The van der Waals surface area contributed by atoms with Crippen LogP contribution >= 0.6 is 11.8 Å². The highest BCUT2D eigenvalue weighted by Gasteiger charge is 2.35. The SMILES string of the molecule is CCS(=O)(=O)C1CSCCN1CC(C)(C)NC. The number of hydrogen-bond donors (Lipinski definition) is 1. The fourth-order valence-corrected chi connectivity index (χ4v) is 4.99. The lowest BCUT2D eigenvalue weighted by Gasteiger charge is -2.39. The molecule has 0 amide bonds. The van der Waals surface area contributed by atoms with Crippen LogP contribution in [0.1, 0.15) is 20.8 Å². The third-order valence-corrected chi connectivity index (χ3v) is 6.61. The van der Waals surface area contributed by atoms with Gasteiger partial charge in [-0.1, -0.05) is 6.92 Å². The van der Waals surface area contributed by atoms with Gasteiger partial charge in [0.2, 0.25) is 0 Å². The topological polar surface area (TPSA) is 49.4 Å². The molecule has 1 aliphatic rings. The molecule has 1 aliphatic heterocycles. The summed E-state index contributed by atoms with van der Waals surface area (Å²) < 4.78 is 24.1. The summed E-state index contributed by atoms with van der Waals surface area (Å²) in [6, 6.07) is 0. The number of likely N-dealkylation sites (N-methyl/N-ethyl adjacent to an activating group) is 1. The van der Waals surface area contributed by atoms with Gasteiger partial charge in [0, 0.05) is 35.9 Å². The van der Waals surface area contributed by atoms with Crippen LogP contribution in [-0.4, -0.2) is 61.6 Å². The zero-order valence-electron chi connectivity index (χ0n) is 11.2. The third-order valence-electron chi connectivity index (χ3n) is 3.28. The molecule has 1 fully saturated rings. The van der Waals surface area contributed by atoms with Crippen LogP contribution in [0.15, 0.2) is 0 Å². The van der Waals surface area contributed by atoms with Crippen LogP contribution in [0.25, 0.3) is 0 Å². The van der Waals surface area contributed by atoms with Crippen LogP contribution in [-0.2, 0) is 9.84 Å². The smallest absolute Gasteiger partial charge is 0.166 e. The van der Waals surface area contributed by atoms with E-state index in [0.717, 1.165) is 18.8 Å². The predicted octanol–water partition coefficient (Wildman–Crippen LogP) is 0.794. The summed E-state index contributed by atoms with van der Waals surface area (Å²) in [7, 11) is -1.06. The Morgan fingerprint density at radius 2 is 2.12 bits per heavy atom. The van der Waals surface area contributed by atoms with E-state index < -0.39 is 9.84 Å². The number of thioether (sulfide) groups is 1. The van der Waals surface area contributed by atoms with E-state index in [1.807, 2.05) is 7.05 Å². The van der Waals surface area contributed by atoms with Gasteiger partial charge >= 0.3 is 0 Å². The van der Waals surface area contributed by atoms with Crippen molar-refractivity contribution in [2.24, 2.45) is 0 Å². The Morgan fingerprint density at radius 1 is 1.47 bits per heavy atom. The monoisotopic (exact) mass is 280 g/mol. The van der Waals surface area contributed by atoms with Gasteiger partial charge in [0.25, 0.3) is 0 Å². The minimum absolute atomic E-state index is 0.0521. The number of sulfone groups is 1. The van der Waals surface area contributed by atoms with E-state index in [2.05, 4.69) is 24.1 Å². The molecule has 102 valence electrons. The van der Waals surface area contributed by atoms with E-state index >= 15 is 0 Å². The normalized spacial score (nSPS) is 23.9. The Hall–Kier alpha value is 0.220. The quantitative estimate of drug-likeness (QED) is 0.807. The molecule has 0 aromatic heterocycles. The average Bonchev–Trinajstić information content (AvgIpc) is 2.29. The Bertz CT molecular complexity index is 341. The molecule has 17 heavy (non-hydrogen) atoms. The average molecular weight is 280 g/mol. The van der Waals surface area contributed by atoms with Crippen LogP contribution in [0.2, 0.25) is 0 Å². The third kappa shape index (κ3) is 4.12. The van der Waals surface area contributed by atoms with E-state index in [0.29, 0.717) is 5.75 Å². The number of rotatable bonds is 5. The molecule has 0 aromatic rings. The predicted molar refractivity (Wildman–Crippen MR) is 75.3 cm³/mol. The maximum atomic E-state index is 12.1. The highest BCUT2D eigenvalue weighted by molar-refractivity contribution is 8.01. The number of nitrogens with zero attached hydrogens (tertiary/aromatic N) is 1. The molecule has 0 spiro atoms. The molecule has 0 aromatic carbocycles. The molecule has 0 aliphatic carbocycles. The van der Waals surface area contributed by atoms with E-state index in [1.165, 1.54) is 0 Å². The molecule has 1 unspecified atom stereocenters. The van der Waals surface area contributed by atoms with Crippen LogP contribution in [0.3, 0.4) is 0 Å². The minimum Gasteiger partial charge on any atom is -0.314 e. The highest BCUT2D eigenvalue weighted by atomic mass is 32.2. The van der Waals surface area contributed by atoms with Gasteiger partial charge in [-0.05, 0) is 20.9 Å². The lowest BCUT2D eigenvalue weighted by atomic mass is 10.1. The molecule has 1 N–H and O–H groups in total. The highest BCUT2D eigenvalue weighted by Crippen LogP contribution is 2.23. The van der Waals surface area contributed by atoms with Gasteiger partial charge in [-0.25, -0.2) is 8.42 Å². The van der Waals surface area contributed by atoms with Crippen molar-refractivity contribution in [1.82, 2.24) is 10.2 Å². The van der Waals surface area contributed by atoms with E-state index in [9.17, 15) is 8.42 Å². The van der Waals surface area contributed by atoms with Crippen molar-refractivity contribution in [3.8, 4) is 0 Å². The Balaban J connectivity index is 2.80. The molecular formula is C11H24N2O2S2. The summed E-state index contributed by atoms with van der Waals surface area (Å²) in [5, 5.41) is 2.93. The van der Waals surface area contributed by atoms with Crippen molar-refractivity contribution in [2.45, 2.75) is 31.7 Å². The van der Waals surface area contributed by atoms with Crippen molar-refractivity contribution in [3.05, 3.63) is 0 Å². The van der Waals surface area contributed by atoms with E-state index in [4.69, 9.17) is 0 Å². The van der Waals surface area contributed by atoms with Crippen LogP contribution < -0.4 is 5.32 Å². The second-order valence-electron chi connectivity index (χ2n) is 5.09. The molecule has 0 bridgehead atoms. The van der Waals surface area contributed by atoms with Gasteiger partial charge in [0.05, 0.1) is 0 Å². The first-order chi connectivity index (χ1) is 7.82. The van der Waals surface area contributed by atoms with Crippen molar-refractivity contribution in [3.63, 3.8) is 0 Å². The van der Waals surface area contributed by atoms with E-state index in [1.54, 1.807) is 18.7 Å². The first-order valence-corrected chi connectivity index (χ1v) is 8.91. The summed E-state index contributed by atoms with van der Waals surface area (Å²) in [6.45, 7) is 7.57. The van der Waals surface area contributed by atoms with Crippen LogP contribution in [0, 0.1) is 0 Å². The van der Waals surface area contributed by atoms with Crippen molar-refractivity contribution in [1.29, 1.82) is 0 Å². The zero-order chi connectivity index (χ0) is 13.1.